The van der Waals surface area contributed by atoms with E-state index in [1.807, 2.05) is 53.7 Å². The number of hydrogen-bond acceptors (Lipinski definition) is 5. The molecule has 2 aliphatic heterocycles. The highest BCUT2D eigenvalue weighted by Crippen LogP contribution is 2.30. The number of nitrogens with one attached hydrogen (secondary N) is 1. The number of rotatable bonds is 5. The van der Waals surface area contributed by atoms with Crippen molar-refractivity contribution in [2.45, 2.75) is 32.5 Å². The van der Waals surface area contributed by atoms with Crippen LogP contribution in [0, 0.1) is 0 Å². The Balaban J connectivity index is 1.42. The topological polar surface area (TPSA) is 79.7 Å². The first-order valence-electron chi connectivity index (χ1n) is 9.99. The van der Waals surface area contributed by atoms with Crippen molar-refractivity contribution in [1.29, 1.82) is 0 Å². The summed E-state index contributed by atoms with van der Waals surface area (Å²) in [4.78, 5) is 29.1. The molecule has 8 heteroatoms. The Bertz CT molecular complexity index is 936. The van der Waals surface area contributed by atoms with Crippen molar-refractivity contribution in [3.8, 4) is 5.75 Å². The van der Waals surface area contributed by atoms with Gasteiger partial charge in [0.05, 0.1) is 18.8 Å². The number of benzene rings is 1. The Morgan fingerprint density at radius 2 is 2.10 bits per heavy atom. The van der Waals surface area contributed by atoms with Gasteiger partial charge < -0.3 is 19.9 Å². The molecule has 1 unspecified atom stereocenters. The first-order chi connectivity index (χ1) is 13.9. The zero-order valence-electron chi connectivity index (χ0n) is 17.1. The van der Waals surface area contributed by atoms with E-state index in [9.17, 15) is 9.59 Å². The summed E-state index contributed by atoms with van der Waals surface area (Å²) in [5, 5.41) is 7.28. The van der Waals surface area contributed by atoms with Gasteiger partial charge in [-0.15, -0.1) is 0 Å². The van der Waals surface area contributed by atoms with E-state index >= 15 is 0 Å². The number of amides is 2. The number of carbonyl (C=O) groups excluding carboxylic acids is 2. The van der Waals surface area contributed by atoms with Crippen LogP contribution in [-0.2, 0) is 19.5 Å². The van der Waals surface area contributed by atoms with Crippen LogP contribution in [0.4, 0.5) is 0 Å². The second kappa shape index (κ2) is 7.87. The van der Waals surface area contributed by atoms with Crippen LogP contribution in [-0.4, -0.2) is 71.2 Å². The second-order valence-corrected chi connectivity index (χ2v) is 7.99. The Kier molecular flexibility index (Phi) is 5.27. The molecule has 0 radical (unpaired) electrons. The van der Waals surface area contributed by atoms with Crippen LogP contribution in [0.15, 0.2) is 24.3 Å². The highest BCUT2D eigenvalue weighted by atomic mass is 16.5. The summed E-state index contributed by atoms with van der Waals surface area (Å²) in [7, 11) is 3.92. The zero-order chi connectivity index (χ0) is 20.5. The van der Waals surface area contributed by atoms with Gasteiger partial charge in [0, 0.05) is 31.6 Å². The fourth-order valence-corrected chi connectivity index (χ4v) is 3.77. The Labute approximate surface area is 170 Å². The normalized spacial score (nSPS) is 17.7. The van der Waals surface area contributed by atoms with Gasteiger partial charge in [-0.1, -0.05) is 0 Å². The van der Waals surface area contributed by atoms with Crippen molar-refractivity contribution < 1.29 is 14.3 Å². The molecule has 0 saturated heterocycles. The number of aromatic nitrogens is 2. The molecule has 8 nitrogen and oxygen atoms in total. The highest BCUT2D eigenvalue weighted by molar-refractivity contribution is 5.95. The monoisotopic (exact) mass is 397 g/mol. The van der Waals surface area contributed by atoms with E-state index in [0.29, 0.717) is 37.4 Å². The van der Waals surface area contributed by atoms with E-state index in [1.54, 1.807) is 6.07 Å². The highest BCUT2D eigenvalue weighted by Gasteiger charge is 2.26. The van der Waals surface area contributed by atoms with Gasteiger partial charge in [-0.3, -0.25) is 14.3 Å². The molecular weight excluding hydrogens is 370 g/mol. The van der Waals surface area contributed by atoms with Crippen LogP contribution >= 0.6 is 0 Å². The second-order valence-electron chi connectivity index (χ2n) is 7.99. The predicted octanol–water partition coefficient (Wildman–Crippen LogP) is 1.15. The molecule has 0 bridgehead atoms. The van der Waals surface area contributed by atoms with E-state index in [0.717, 1.165) is 30.0 Å². The Morgan fingerprint density at radius 3 is 2.90 bits per heavy atom. The molecule has 0 spiro atoms. The summed E-state index contributed by atoms with van der Waals surface area (Å²) in [5.41, 5.74) is 3.04. The molecule has 2 aliphatic rings. The van der Waals surface area contributed by atoms with Crippen LogP contribution in [0.25, 0.3) is 0 Å². The van der Waals surface area contributed by atoms with Crippen LogP contribution < -0.4 is 10.1 Å². The summed E-state index contributed by atoms with van der Waals surface area (Å²) in [6.07, 6.45) is 0.984. The van der Waals surface area contributed by atoms with Crippen LogP contribution in [0.2, 0.25) is 0 Å². The molecule has 0 aliphatic carbocycles. The number of nitrogens with zero attached hydrogens (tertiary/aromatic N) is 4. The number of ether oxygens (including phenoxy) is 1. The Hall–Kier alpha value is -2.87. The number of carbonyl (C=O) groups is 2. The largest absolute Gasteiger partial charge is 0.490 e. The number of likely N-dealkylation sites (N-methyl/N-ethyl adjacent to an activating group) is 1. The quantitative estimate of drug-likeness (QED) is 0.819. The van der Waals surface area contributed by atoms with Gasteiger partial charge in [-0.05, 0) is 50.8 Å². The van der Waals surface area contributed by atoms with Crippen molar-refractivity contribution in [3.05, 3.63) is 46.8 Å². The SMILES string of the molecule is CC1Cc2cc(C(=O)N3CCn4nc(C(=O)NCCN(C)C)cc4C3)ccc2O1. The molecule has 1 aromatic heterocycles. The average Bonchev–Trinajstić information content (AvgIpc) is 3.28. The summed E-state index contributed by atoms with van der Waals surface area (Å²) in [6.45, 7) is 4.96. The summed E-state index contributed by atoms with van der Waals surface area (Å²) in [5.74, 6) is 0.687. The van der Waals surface area contributed by atoms with Crippen LogP contribution in [0.5, 0.6) is 5.75 Å². The lowest BCUT2D eigenvalue weighted by Crippen LogP contribution is -2.38. The molecule has 1 aromatic carbocycles. The molecular formula is C21H27N5O3. The van der Waals surface area contributed by atoms with Crippen molar-refractivity contribution in [1.82, 2.24) is 24.9 Å². The summed E-state index contributed by atoms with van der Waals surface area (Å²) in [6, 6.07) is 7.44. The third kappa shape index (κ3) is 4.12. The van der Waals surface area contributed by atoms with Gasteiger partial charge in [0.1, 0.15) is 11.9 Å². The molecule has 0 saturated carbocycles. The lowest BCUT2D eigenvalue weighted by molar-refractivity contribution is 0.0705. The van der Waals surface area contributed by atoms with Crippen molar-refractivity contribution in [2.75, 3.05) is 33.7 Å². The first kappa shape index (κ1) is 19.4. The van der Waals surface area contributed by atoms with E-state index in [4.69, 9.17) is 4.74 Å². The van der Waals surface area contributed by atoms with Gasteiger partial charge in [-0.2, -0.15) is 5.10 Å². The molecule has 2 aromatic rings. The molecule has 4 rings (SSSR count). The maximum absolute atomic E-state index is 13.0. The molecule has 3 heterocycles. The smallest absolute Gasteiger partial charge is 0.271 e. The minimum atomic E-state index is -0.181. The maximum Gasteiger partial charge on any atom is 0.271 e. The molecule has 0 fully saturated rings. The lowest BCUT2D eigenvalue weighted by Gasteiger charge is -2.27. The number of hydrogen-bond donors (Lipinski definition) is 1. The van der Waals surface area contributed by atoms with Gasteiger partial charge in [0.2, 0.25) is 0 Å². The lowest BCUT2D eigenvalue weighted by atomic mass is 10.1. The van der Waals surface area contributed by atoms with E-state index < -0.39 is 0 Å². The van der Waals surface area contributed by atoms with E-state index in [1.165, 1.54) is 0 Å². The third-order valence-corrected chi connectivity index (χ3v) is 5.31. The van der Waals surface area contributed by atoms with Crippen LogP contribution in [0.3, 0.4) is 0 Å². The standard InChI is InChI=1S/C21H27N5O3/c1-14-10-16-11-15(4-5-19(16)29-14)21(28)25-8-9-26-17(13-25)12-18(23-26)20(27)22-6-7-24(2)3/h4-5,11-12,14H,6-10,13H2,1-3H3,(H,22,27). The number of fused-ring (bicyclic) bond motifs is 2. The van der Waals surface area contributed by atoms with Gasteiger partial charge in [0.25, 0.3) is 11.8 Å². The van der Waals surface area contributed by atoms with E-state index in [2.05, 4.69) is 10.4 Å². The fraction of sp³-hybridized carbons (Fsp3) is 0.476. The summed E-state index contributed by atoms with van der Waals surface area (Å²) < 4.78 is 7.54. The van der Waals surface area contributed by atoms with Crippen molar-refractivity contribution in [3.63, 3.8) is 0 Å². The Morgan fingerprint density at radius 1 is 1.28 bits per heavy atom. The maximum atomic E-state index is 13.0. The van der Waals surface area contributed by atoms with Gasteiger partial charge in [0.15, 0.2) is 5.69 Å². The molecule has 1 N–H and O–H groups in total. The minimum Gasteiger partial charge on any atom is -0.490 e. The average molecular weight is 397 g/mol. The van der Waals surface area contributed by atoms with E-state index in [-0.39, 0.29) is 17.9 Å². The molecule has 154 valence electrons. The predicted molar refractivity (Wildman–Crippen MR) is 108 cm³/mol. The third-order valence-electron chi connectivity index (χ3n) is 5.31. The van der Waals surface area contributed by atoms with Gasteiger partial charge >= 0.3 is 0 Å². The van der Waals surface area contributed by atoms with Gasteiger partial charge in [-0.25, -0.2) is 0 Å². The minimum absolute atomic E-state index is 0.00297. The van der Waals surface area contributed by atoms with Crippen LogP contribution in [0.1, 0.15) is 39.0 Å². The molecule has 1 atom stereocenters. The van der Waals surface area contributed by atoms with Crippen molar-refractivity contribution >= 4 is 11.8 Å². The van der Waals surface area contributed by atoms with Crippen molar-refractivity contribution in [2.24, 2.45) is 0 Å². The molecule has 29 heavy (non-hydrogen) atoms. The zero-order valence-corrected chi connectivity index (χ0v) is 17.1. The summed E-state index contributed by atoms with van der Waals surface area (Å²) >= 11 is 0. The first-order valence-corrected chi connectivity index (χ1v) is 9.99. The fourth-order valence-electron chi connectivity index (χ4n) is 3.77. The molecule has 2 amide bonds.